The quantitative estimate of drug-likeness (QED) is 0.682. The van der Waals surface area contributed by atoms with Gasteiger partial charge in [-0.3, -0.25) is 0 Å². The van der Waals surface area contributed by atoms with Gasteiger partial charge in [-0.05, 0) is 72.0 Å². The van der Waals surface area contributed by atoms with Crippen molar-refractivity contribution in [1.29, 1.82) is 0 Å². The van der Waals surface area contributed by atoms with Gasteiger partial charge in [-0.1, -0.05) is 0 Å². The molecule has 7 heteroatoms. The molecule has 0 radical (unpaired) electrons. The predicted octanol–water partition coefficient (Wildman–Crippen LogP) is 4.56. The molecule has 0 saturated heterocycles. The second kappa shape index (κ2) is 8.71. The Morgan fingerprint density at radius 1 is 1.24 bits per heavy atom. The maximum absolute atomic E-state index is 11.8. The molecule has 1 amide bonds. The molecule has 2 aromatic rings. The molecule has 29 heavy (non-hydrogen) atoms. The molecule has 1 fully saturated rings. The van der Waals surface area contributed by atoms with Gasteiger partial charge in [-0.2, -0.15) is 0 Å². The largest absolute Gasteiger partial charge is 0.493 e. The van der Waals surface area contributed by atoms with E-state index in [1.165, 1.54) is 24.2 Å². The summed E-state index contributed by atoms with van der Waals surface area (Å²) >= 11 is 1.52. The maximum Gasteiger partial charge on any atom is 0.407 e. The highest BCUT2D eigenvalue weighted by Crippen LogP contribution is 2.46. The number of hydrogen-bond acceptors (Lipinski definition) is 6. The van der Waals surface area contributed by atoms with Gasteiger partial charge < -0.3 is 19.7 Å². The van der Waals surface area contributed by atoms with E-state index in [0.717, 1.165) is 34.3 Å². The molecule has 0 aliphatic heterocycles. The normalized spacial score (nSPS) is 15.2. The zero-order valence-corrected chi connectivity index (χ0v) is 18.8. The number of aromatic nitrogens is 1. The number of ether oxygens (including phenoxy) is 2. The summed E-state index contributed by atoms with van der Waals surface area (Å²) in [7, 11) is 4.22. The van der Waals surface area contributed by atoms with Gasteiger partial charge in [-0.25, -0.2) is 9.78 Å². The molecule has 0 bridgehead atoms. The van der Waals surface area contributed by atoms with Gasteiger partial charge in [0, 0.05) is 29.3 Å². The van der Waals surface area contributed by atoms with Crippen molar-refractivity contribution in [3.8, 4) is 16.3 Å². The van der Waals surface area contributed by atoms with Crippen molar-refractivity contribution in [3.63, 3.8) is 0 Å². The summed E-state index contributed by atoms with van der Waals surface area (Å²) in [5, 5.41) is 3.68. The third kappa shape index (κ3) is 6.72. The van der Waals surface area contributed by atoms with E-state index in [1.54, 1.807) is 6.20 Å². The number of nitrogens with zero attached hydrogens (tertiary/aromatic N) is 2. The van der Waals surface area contributed by atoms with Crippen LogP contribution in [0.3, 0.4) is 0 Å². The highest BCUT2D eigenvalue weighted by atomic mass is 32.1. The molecule has 1 aliphatic rings. The maximum atomic E-state index is 11.8. The van der Waals surface area contributed by atoms with E-state index in [0.29, 0.717) is 5.41 Å². The minimum Gasteiger partial charge on any atom is -0.493 e. The van der Waals surface area contributed by atoms with Crippen molar-refractivity contribution in [2.75, 3.05) is 27.2 Å². The van der Waals surface area contributed by atoms with Crippen LogP contribution >= 0.6 is 11.3 Å². The van der Waals surface area contributed by atoms with Crippen molar-refractivity contribution in [1.82, 2.24) is 15.2 Å². The molecule has 0 atom stereocenters. The third-order valence-electron chi connectivity index (χ3n) is 4.63. The average Bonchev–Trinajstić information content (AvgIpc) is 3.21. The van der Waals surface area contributed by atoms with Gasteiger partial charge in [0.05, 0.1) is 11.5 Å². The van der Waals surface area contributed by atoms with Gasteiger partial charge in [0.15, 0.2) is 0 Å². The van der Waals surface area contributed by atoms with Gasteiger partial charge >= 0.3 is 6.09 Å². The first kappa shape index (κ1) is 21.6. The number of carbonyl (C=O) groups excluding carboxylic acids is 1. The summed E-state index contributed by atoms with van der Waals surface area (Å²) in [6.07, 6.45) is 3.81. The SMILES string of the molecule is CN(C)CC1(COc2ccc(-c3ncc(COC(=O)NC(C)(C)C)s3)cc2)CC1. The summed E-state index contributed by atoms with van der Waals surface area (Å²) in [5.41, 5.74) is 1.04. The first-order valence-electron chi connectivity index (χ1n) is 9.92. The predicted molar refractivity (Wildman–Crippen MR) is 116 cm³/mol. The summed E-state index contributed by atoms with van der Waals surface area (Å²) in [6, 6.07) is 8.04. The number of thiazole rings is 1. The van der Waals surface area contributed by atoms with Crippen LogP contribution in [-0.2, 0) is 11.3 Å². The van der Waals surface area contributed by atoms with Gasteiger partial charge in [0.2, 0.25) is 0 Å². The number of alkyl carbamates (subject to hydrolysis) is 1. The number of hydrogen-bond donors (Lipinski definition) is 1. The number of carbonyl (C=O) groups is 1. The number of benzene rings is 1. The highest BCUT2D eigenvalue weighted by molar-refractivity contribution is 7.15. The minimum atomic E-state index is -0.420. The van der Waals surface area contributed by atoms with Crippen LogP contribution in [0.4, 0.5) is 4.79 Å². The highest BCUT2D eigenvalue weighted by Gasteiger charge is 2.43. The van der Waals surface area contributed by atoms with Crippen molar-refractivity contribution >= 4 is 17.4 Å². The van der Waals surface area contributed by atoms with Crippen LogP contribution in [0.2, 0.25) is 0 Å². The van der Waals surface area contributed by atoms with Gasteiger partial charge in [0.25, 0.3) is 0 Å². The Kier molecular flexibility index (Phi) is 6.49. The molecule has 1 heterocycles. The molecule has 3 rings (SSSR count). The third-order valence-corrected chi connectivity index (χ3v) is 5.65. The molecular formula is C22H31N3O3S. The van der Waals surface area contributed by atoms with Crippen LogP contribution in [0.25, 0.3) is 10.6 Å². The molecule has 1 aliphatic carbocycles. The molecule has 1 saturated carbocycles. The topological polar surface area (TPSA) is 63.7 Å². The van der Waals surface area contributed by atoms with Gasteiger partial charge in [-0.15, -0.1) is 11.3 Å². The smallest absolute Gasteiger partial charge is 0.407 e. The van der Waals surface area contributed by atoms with Crippen molar-refractivity contribution in [2.45, 2.75) is 45.8 Å². The van der Waals surface area contributed by atoms with Crippen LogP contribution < -0.4 is 10.1 Å². The molecule has 158 valence electrons. The van der Waals surface area contributed by atoms with E-state index in [2.05, 4.69) is 29.3 Å². The van der Waals surface area contributed by atoms with E-state index in [-0.39, 0.29) is 12.1 Å². The number of nitrogens with one attached hydrogen (secondary N) is 1. The fourth-order valence-electron chi connectivity index (χ4n) is 3.11. The Hall–Kier alpha value is -2.12. The van der Waals surface area contributed by atoms with E-state index in [1.807, 2.05) is 45.0 Å². The van der Waals surface area contributed by atoms with Crippen molar-refractivity contribution in [3.05, 3.63) is 35.3 Å². The van der Waals surface area contributed by atoms with Crippen LogP contribution in [-0.4, -0.2) is 48.8 Å². The first-order chi connectivity index (χ1) is 13.6. The molecule has 6 nitrogen and oxygen atoms in total. The average molecular weight is 418 g/mol. The Morgan fingerprint density at radius 2 is 1.93 bits per heavy atom. The Morgan fingerprint density at radius 3 is 2.52 bits per heavy atom. The van der Waals surface area contributed by atoms with Gasteiger partial charge in [0.1, 0.15) is 17.4 Å². The fourth-order valence-corrected chi connectivity index (χ4v) is 3.94. The lowest BCUT2D eigenvalue weighted by Gasteiger charge is -2.20. The van der Waals surface area contributed by atoms with E-state index in [4.69, 9.17) is 9.47 Å². The zero-order valence-electron chi connectivity index (χ0n) is 17.9. The monoisotopic (exact) mass is 417 g/mol. The first-order valence-corrected chi connectivity index (χ1v) is 10.7. The fraction of sp³-hybridized carbons (Fsp3) is 0.545. The summed E-state index contributed by atoms with van der Waals surface area (Å²) in [4.78, 5) is 19.4. The lowest BCUT2D eigenvalue weighted by molar-refractivity contribution is 0.132. The van der Waals surface area contributed by atoms with E-state index < -0.39 is 6.09 Å². The van der Waals surface area contributed by atoms with Crippen molar-refractivity contribution in [2.24, 2.45) is 5.41 Å². The van der Waals surface area contributed by atoms with Crippen molar-refractivity contribution < 1.29 is 14.3 Å². The Balaban J connectivity index is 1.51. The molecule has 1 aromatic heterocycles. The number of amides is 1. The van der Waals surface area contributed by atoms with Crippen LogP contribution in [0.5, 0.6) is 5.75 Å². The molecule has 0 unspecified atom stereocenters. The number of rotatable bonds is 8. The van der Waals surface area contributed by atoms with E-state index >= 15 is 0 Å². The molecule has 1 N–H and O–H groups in total. The Labute approximate surface area is 177 Å². The summed E-state index contributed by atoms with van der Waals surface area (Å²) in [6.45, 7) is 7.80. The second-order valence-corrected chi connectivity index (χ2v) is 10.2. The molecular weight excluding hydrogens is 386 g/mol. The molecule has 0 spiro atoms. The summed E-state index contributed by atoms with van der Waals surface area (Å²) < 4.78 is 11.3. The lowest BCUT2D eigenvalue weighted by Crippen LogP contribution is -2.40. The second-order valence-electron chi connectivity index (χ2n) is 9.13. The van der Waals surface area contributed by atoms with Crippen LogP contribution in [0.15, 0.2) is 30.5 Å². The summed E-state index contributed by atoms with van der Waals surface area (Å²) in [5.74, 6) is 0.887. The Bertz CT molecular complexity index is 821. The zero-order chi connectivity index (χ0) is 21.1. The lowest BCUT2D eigenvalue weighted by atomic mass is 10.1. The minimum absolute atomic E-state index is 0.217. The molecule has 1 aromatic carbocycles. The van der Waals surface area contributed by atoms with Crippen LogP contribution in [0, 0.1) is 5.41 Å². The standard InChI is InChI=1S/C22H31N3O3S/c1-21(2,3)24-20(26)27-13-18-12-23-19(29-18)16-6-8-17(9-7-16)28-15-22(10-11-22)14-25(4)5/h6-9,12H,10-11,13-15H2,1-5H3,(H,24,26). The van der Waals surface area contributed by atoms with E-state index in [9.17, 15) is 4.79 Å². The van der Waals surface area contributed by atoms with Crippen LogP contribution in [0.1, 0.15) is 38.5 Å².